The van der Waals surface area contributed by atoms with E-state index in [2.05, 4.69) is 35.8 Å². The molecular formula is C25H29ClN8O3. The predicted octanol–water partition coefficient (Wildman–Crippen LogP) is 4.70. The molecule has 0 aliphatic carbocycles. The summed E-state index contributed by atoms with van der Waals surface area (Å²) in [6, 6.07) is 3.14. The topological polar surface area (TPSA) is 130 Å². The van der Waals surface area contributed by atoms with Crippen molar-refractivity contribution < 1.29 is 14.3 Å². The number of amides is 2. The van der Waals surface area contributed by atoms with Crippen molar-refractivity contribution in [2.24, 2.45) is 0 Å². The van der Waals surface area contributed by atoms with Gasteiger partial charge in [0, 0.05) is 36.4 Å². The van der Waals surface area contributed by atoms with E-state index in [-0.39, 0.29) is 11.4 Å². The minimum Gasteiger partial charge on any atom is -0.444 e. The van der Waals surface area contributed by atoms with E-state index in [1.165, 1.54) is 4.52 Å². The number of aromatic amines is 1. The molecule has 3 N–H and O–H groups in total. The SMILES string of the molecule is CC(NC(=O)c1c(NC(=O)OC(C)(C)C)nn2cccnc12)c1cc(Cl)c2cn[nH]c2c1N1CCCC1. The van der Waals surface area contributed by atoms with Gasteiger partial charge in [0.2, 0.25) is 0 Å². The van der Waals surface area contributed by atoms with Crippen molar-refractivity contribution in [1.29, 1.82) is 0 Å². The Morgan fingerprint density at radius 1 is 1.24 bits per heavy atom. The van der Waals surface area contributed by atoms with Gasteiger partial charge in [0.1, 0.15) is 11.2 Å². The van der Waals surface area contributed by atoms with Crippen LogP contribution in [0.2, 0.25) is 5.02 Å². The Kier molecular flexibility index (Phi) is 6.40. The van der Waals surface area contributed by atoms with Crippen molar-refractivity contribution in [2.75, 3.05) is 23.3 Å². The van der Waals surface area contributed by atoms with Gasteiger partial charge >= 0.3 is 6.09 Å². The second kappa shape index (κ2) is 9.55. The lowest BCUT2D eigenvalue weighted by molar-refractivity contribution is 0.0635. The molecule has 5 rings (SSSR count). The highest BCUT2D eigenvalue weighted by Gasteiger charge is 2.28. The molecule has 1 aliphatic heterocycles. The summed E-state index contributed by atoms with van der Waals surface area (Å²) in [5.74, 6) is -0.389. The Hall–Kier alpha value is -3.86. The zero-order chi connectivity index (χ0) is 26.3. The van der Waals surface area contributed by atoms with Gasteiger partial charge in [-0.25, -0.2) is 14.3 Å². The molecule has 1 aliphatic rings. The molecule has 0 saturated carbocycles. The van der Waals surface area contributed by atoms with Crippen LogP contribution in [0, 0.1) is 0 Å². The van der Waals surface area contributed by atoms with Crippen LogP contribution in [-0.2, 0) is 4.74 Å². The molecule has 3 aromatic heterocycles. The maximum absolute atomic E-state index is 13.7. The predicted molar refractivity (Wildman–Crippen MR) is 141 cm³/mol. The molecule has 1 saturated heterocycles. The highest BCUT2D eigenvalue weighted by atomic mass is 35.5. The standard InChI is InChI=1S/C25H29ClN8O3/c1-14(15-12-17(26)16-13-28-31-19(16)20(15)33-9-5-6-10-33)29-23(35)18-21(30-24(36)37-25(2,3)4)32-34-11-7-8-27-22(18)34/h7-8,11-14H,5-6,9-10H2,1-4H3,(H,28,31)(H,29,35)(H,30,32,36). The lowest BCUT2D eigenvalue weighted by Crippen LogP contribution is -2.31. The van der Waals surface area contributed by atoms with E-state index in [0.717, 1.165) is 48.1 Å². The Balaban J connectivity index is 1.50. The van der Waals surface area contributed by atoms with E-state index >= 15 is 0 Å². The van der Waals surface area contributed by atoms with Gasteiger partial charge in [-0.15, -0.1) is 5.10 Å². The fourth-order valence-corrected chi connectivity index (χ4v) is 4.88. The number of fused-ring (bicyclic) bond motifs is 2. The minimum absolute atomic E-state index is 0.0551. The molecule has 1 unspecified atom stereocenters. The number of halogens is 1. The first-order chi connectivity index (χ1) is 17.6. The van der Waals surface area contributed by atoms with Crippen molar-refractivity contribution in [3.05, 3.63) is 46.9 Å². The lowest BCUT2D eigenvalue weighted by Gasteiger charge is -2.26. The third-order valence-corrected chi connectivity index (χ3v) is 6.48. The van der Waals surface area contributed by atoms with Crippen molar-refractivity contribution >= 4 is 51.7 Å². The molecule has 194 valence electrons. The summed E-state index contributed by atoms with van der Waals surface area (Å²) < 4.78 is 6.80. The van der Waals surface area contributed by atoms with Crippen LogP contribution < -0.4 is 15.5 Å². The molecule has 4 heterocycles. The number of nitrogens with one attached hydrogen (secondary N) is 3. The van der Waals surface area contributed by atoms with Crippen LogP contribution in [0.1, 0.15) is 62.5 Å². The second-order valence-corrected chi connectivity index (χ2v) is 10.5. The molecule has 0 radical (unpaired) electrons. The smallest absolute Gasteiger partial charge is 0.413 e. The number of benzene rings is 1. The normalized spacial score (nSPS) is 14.8. The third kappa shape index (κ3) is 4.91. The number of ether oxygens (including phenoxy) is 1. The summed E-state index contributed by atoms with van der Waals surface area (Å²) in [5, 5.41) is 18.7. The first-order valence-corrected chi connectivity index (χ1v) is 12.5. The average Bonchev–Trinajstić information content (AvgIpc) is 3.57. The van der Waals surface area contributed by atoms with E-state index in [9.17, 15) is 9.59 Å². The number of hydrogen-bond acceptors (Lipinski definition) is 7. The lowest BCUT2D eigenvalue weighted by atomic mass is 10.0. The number of rotatable bonds is 5. The van der Waals surface area contributed by atoms with Crippen LogP contribution in [0.15, 0.2) is 30.7 Å². The Morgan fingerprint density at radius 2 is 2.00 bits per heavy atom. The van der Waals surface area contributed by atoms with Gasteiger partial charge in [0.25, 0.3) is 5.91 Å². The Labute approximate surface area is 218 Å². The maximum atomic E-state index is 13.7. The van der Waals surface area contributed by atoms with Gasteiger partial charge in [0.15, 0.2) is 11.5 Å². The molecule has 4 aromatic rings. The van der Waals surface area contributed by atoms with Crippen LogP contribution >= 0.6 is 11.6 Å². The van der Waals surface area contributed by atoms with Crippen molar-refractivity contribution in [3.63, 3.8) is 0 Å². The molecule has 1 atom stereocenters. The largest absolute Gasteiger partial charge is 0.444 e. The van der Waals surface area contributed by atoms with Crippen LogP contribution in [0.25, 0.3) is 16.6 Å². The first kappa shape index (κ1) is 24.8. The number of carbonyl (C=O) groups is 2. The molecule has 2 amide bonds. The summed E-state index contributed by atoms with van der Waals surface area (Å²) in [5.41, 5.74) is 2.41. The van der Waals surface area contributed by atoms with E-state index in [0.29, 0.717) is 10.7 Å². The average molecular weight is 525 g/mol. The van der Waals surface area contributed by atoms with E-state index < -0.39 is 23.6 Å². The zero-order valence-corrected chi connectivity index (χ0v) is 21.9. The molecule has 1 fully saturated rings. The van der Waals surface area contributed by atoms with Gasteiger partial charge in [-0.1, -0.05) is 11.6 Å². The molecule has 11 nitrogen and oxygen atoms in total. The van der Waals surface area contributed by atoms with Gasteiger partial charge in [0.05, 0.1) is 28.5 Å². The number of hydrogen-bond donors (Lipinski definition) is 3. The van der Waals surface area contributed by atoms with Crippen LogP contribution in [0.3, 0.4) is 0 Å². The molecule has 0 spiro atoms. The second-order valence-electron chi connectivity index (χ2n) is 10.1. The minimum atomic E-state index is -0.717. The number of H-pyrrole nitrogens is 1. The Morgan fingerprint density at radius 3 is 2.73 bits per heavy atom. The molecule has 1 aromatic carbocycles. The van der Waals surface area contributed by atoms with Crippen LogP contribution in [0.4, 0.5) is 16.3 Å². The quantitative estimate of drug-likeness (QED) is 0.345. The summed E-state index contributed by atoms with van der Waals surface area (Å²) in [6.07, 6.45) is 6.39. The number of aromatic nitrogens is 5. The van der Waals surface area contributed by atoms with E-state index in [4.69, 9.17) is 16.3 Å². The summed E-state index contributed by atoms with van der Waals surface area (Å²) in [4.78, 5) is 32.8. The number of carbonyl (C=O) groups excluding carboxylic acids is 2. The third-order valence-electron chi connectivity index (χ3n) is 6.17. The van der Waals surface area contributed by atoms with Gasteiger partial charge in [-0.3, -0.25) is 15.2 Å². The van der Waals surface area contributed by atoms with Crippen molar-refractivity contribution in [1.82, 2.24) is 30.1 Å². The monoisotopic (exact) mass is 524 g/mol. The summed E-state index contributed by atoms with van der Waals surface area (Å²) in [6.45, 7) is 8.98. The first-order valence-electron chi connectivity index (χ1n) is 12.2. The molecular weight excluding hydrogens is 496 g/mol. The fourth-order valence-electron chi connectivity index (χ4n) is 4.62. The highest BCUT2D eigenvalue weighted by molar-refractivity contribution is 6.36. The van der Waals surface area contributed by atoms with E-state index in [1.807, 2.05) is 13.0 Å². The van der Waals surface area contributed by atoms with Crippen LogP contribution in [0.5, 0.6) is 0 Å². The maximum Gasteiger partial charge on any atom is 0.413 e. The zero-order valence-electron chi connectivity index (χ0n) is 21.1. The Bertz CT molecular complexity index is 1480. The van der Waals surface area contributed by atoms with E-state index in [1.54, 1.807) is 45.4 Å². The molecule has 37 heavy (non-hydrogen) atoms. The van der Waals surface area contributed by atoms with Crippen molar-refractivity contribution in [3.8, 4) is 0 Å². The number of anilines is 2. The fraction of sp³-hybridized carbons (Fsp3) is 0.400. The molecule has 12 heteroatoms. The highest BCUT2D eigenvalue weighted by Crippen LogP contribution is 2.39. The molecule has 0 bridgehead atoms. The van der Waals surface area contributed by atoms with Gasteiger partial charge < -0.3 is 15.0 Å². The number of nitrogens with zero attached hydrogens (tertiary/aromatic N) is 5. The van der Waals surface area contributed by atoms with Crippen LogP contribution in [-0.4, -0.2) is 55.5 Å². The van der Waals surface area contributed by atoms with Gasteiger partial charge in [-0.05, 0) is 52.7 Å². The van der Waals surface area contributed by atoms with Crippen molar-refractivity contribution in [2.45, 2.75) is 52.2 Å². The summed E-state index contributed by atoms with van der Waals surface area (Å²) >= 11 is 6.60. The summed E-state index contributed by atoms with van der Waals surface area (Å²) in [7, 11) is 0. The van der Waals surface area contributed by atoms with Gasteiger partial charge in [-0.2, -0.15) is 5.10 Å².